The van der Waals surface area contributed by atoms with Crippen LogP contribution in [0.5, 0.6) is 0 Å². The predicted octanol–water partition coefficient (Wildman–Crippen LogP) is 4.86. The van der Waals surface area contributed by atoms with Crippen molar-refractivity contribution in [3.8, 4) is 0 Å². The predicted molar refractivity (Wildman–Crippen MR) is 84.0 cm³/mol. The van der Waals surface area contributed by atoms with Gasteiger partial charge in [-0.2, -0.15) is 0 Å². The molecule has 1 unspecified atom stereocenters. The Morgan fingerprint density at radius 3 is 2.79 bits per heavy atom. The molecular formula is C17H27NS. The summed E-state index contributed by atoms with van der Waals surface area (Å²) in [6.07, 6.45) is 12.5. The lowest BCUT2D eigenvalue weighted by Crippen LogP contribution is -2.29. The van der Waals surface area contributed by atoms with Crippen LogP contribution in [0, 0.1) is 5.92 Å². The van der Waals surface area contributed by atoms with Crippen molar-refractivity contribution in [1.82, 2.24) is 5.32 Å². The number of aryl methyl sites for hydroxylation is 2. The lowest BCUT2D eigenvalue weighted by molar-refractivity contribution is 0.274. The van der Waals surface area contributed by atoms with Crippen molar-refractivity contribution < 1.29 is 0 Å². The van der Waals surface area contributed by atoms with E-state index in [1.807, 2.05) is 0 Å². The Hall–Kier alpha value is -0.340. The number of nitrogens with one attached hydrogen (secondary N) is 1. The summed E-state index contributed by atoms with van der Waals surface area (Å²) in [7, 11) is 0. The fourth-order valence-corrected chi connectivity index (χ4v) is 5.20. The first-order valence-electron chi connectivity index (χ1n) is 8.23. The van der Waals surface area contributed by atoms with E-state index in [9.17, 15) is 0 Å². The van der Waals surface area contributed by atoms with Gasteiger partial charge < -0.3 is 5.32 Å². The summed E-state index contributed by atoms with van der Waals surface area (Å²) in [5, 5.41) is 3.85. The Morgan fingerprint density at radius 1 is 1.21 bits per heavy atom. The Kier molecular flexibility index (Phi) is 4.60. The van der Waals surface area contributed by atoms with Crippen molar-refractivity contribution in [1.29, 1.82) is 0 Å². The van der Waals surface area contributed by atoms with E-state index in [-0.39, 0.29) is 0 Å². The van der Waals surface area contributed by atoms with E-state index in [1.165, 1.54) is 64.3 Å². The number of hydrogen-bond acceptors (Lipinski definition) is 2. The highest BCUT2D eigenvalue weighted by molar-refractivity contribution is 7.12. The smallest absolute Gasteiger partial charge is 0.0443 e. The van der Waals surface area contributed by atoms with Gasteiger partial charge in [-0.25, -0.2) is 0 Å². The van der Waals surface area contributed by atoms with E-state index < -0.39 is 0 Å². The molecule has 2 aliphatic rings. The molecule has 0 saturated heterocycles. The Bertz CT molecular complexity index is 382. The summed E-state index contributed by atoms with van der Waals surface area (Å²) in [5.74, 6) is 0.888. The van der Waals surface area contributed by atoms with Gasteiger partial charge in [-0.15, -0.1) is 11.3 Å². The molecule has 1 atom stereocenters. The number of rotatable bonds is 5. The van der Waals surface area contributed by atoms with Crippen LogP contribution in [0.25, 0.3) is 0 Å². The van der Waals surface area contributed by atoms with Gasteiger partial charge in [0.25, 0.3) is 0 Å². The molecule has 1 aromatic rings. The number of thiophene rings is 1. The maximum atomic E-state index is 3.85. The van der Waals surface area contributed by atoms with Gasteiger partial charge in [-0.3, -0.25) is 0 Å². The van der Waals surface area contributed by atoms with Crippen molar-refractivity contribution in [3.05, 3.63) is 21.4 Å². The third-order valence-electron chi connectivity index (χ3n) is 4.81. The van der Waals surface area contributed by atoms with Crippen molar-refractivity contribution in [2.75, 3.05) is 6.54 Å². The molecule has 2 heteroatoms. The van der Waals surface area contributed by atoms with Crippen molar-refractivity contribution in [3.63, 3.8) is 0 Å². The van der Waals surface area contributed by atoms with Gasteiger partial charge in [-0.05, 0) is 62.6 Å². The van der Waals surface area contributed by atoms with E-state index in [0.717, 1.165) is 5.92 Å². The third kappa shape index (κ3) is 3.05. The van der Waals surface area contributed by atoms with Gasteiger partial charge in [-0.1, -0.05) is 26.2 Å². The molecule has 0 amide bonds. The quantitative estimate of drug-likeness (QED) is 0.810. The lowest BCUT2D eigenvalue weighted by atomic mass is 9.83. The normalized spacial score (nSPS) is 21.5. The monoisotopic (exact) mass is 277 g/mol. The molecule has 1 fully saturated rings. The van der Waals surface area contributed by atoms with Crippen LogP contribution in [-0.2, 0) is 12.8 Å². The lowest BCUT2D eigenvalue weighted by Gasteiger charge is -2.30. The summed E-state index contributed by atoms with van der Waals surface area (Å²) >= 11 is 2.11. The van der Waals surface area contributed by atoms with Crippen LogP contribution in [0.1, 0.15) is 73.2 Å². The molecule has 1 saturated carbocycles. The molecule has 0 spiro atoms. The maximum absolute atomic E-state index is 3.85. The highest BCUT2D eigenvalue weighted by Crippen LogP contribution is 2.40. The van der Waals surface area contributed by atoms with Crippen LogP contribution in [-0.4, -0.2) is 6.54 Å². The molecule has 1 aromatic heterocycles. The average Bonchev–Trinajstić information content (AvgIpc) is 3.02. The zero-order chi connectivity index (χ0) is 13.1. The van der Waals surface area contributed by atoms with E-state index in [4.69, 9.17) is 0 Å². The van der Waals surface area contributed by atoms with Crippen molar-refractivity contribution in [2.24, 2.45) is 5.92 Å². The zero-order valence-electron chi connectivity index (χ0n) is 12.2. The Balaban J connectivity index is 1.76. The topological polar surface area (TPSA) is 12.0 Å². The average molecular weight is 277 g/mol. The summed E-state index contributed by atoms with van der Waals surface area (Å²) in [6, 6.07) is 3.19. The fourth-order valence-electron chi connectivity index (χ4n) is 3.77. The first-order valence-corrected chi connectivity index (χ1v) is 9.05. The SMILES string of the molecule is CCCNC(c1cc2c(s1)CCC2)C1CCCCC1. The summed E-state index contributed by atoms with van der Waals surface area (Å²) in [5.41, 5.74) is 1.67. The molecular weight excluding hydrogens is 250 g/mol. The highest BCUT2D eigenvalue weighted by atomic mass is 32.1. The second-order valence-corrected chi connectivity index (χ2v) is 7.45. The molecule has 1 heterocycles. The summed E-state index contributed by atoms with van der Waals surface area (Å²) < 4.78 is 0. The zero-order valence-corrected chi connectivity index (χ0v) is 13.0. The van der Waals surface area contributed by atoms with Gasteiger partial charge in [0.15, 0.2) is 0 Å². The van der Waals surface area contributed by atoms with Crippen LogP contribution >= 0.6 is 11.3 Å². The highest BCUT2D eigenvalue weighted by Gasteiger charge is 2.27. The van der Waals surface area contributed by atoms with E-state index in [1.54, 1.807) is 15.3 Å². The molecule has 0 radical (unpaired) electrons. The molecule has 0 aromatic carbocycles. The Morgan fingerprint density at radius 2 is 2.05 bits per heavy atom. The Labute approximate surface area is 121 Å². The van der Waals surface area contributed by atoms with Crippen LogP contribution in [0.2, 0.25) is 0 Å². The maximum Gasteiger partial charge on any atom is 0.0443 e. The second kappa shape index (κ2) is 6.41. The first kappa shape index (κ1) is 13.6. The van der Waals surface area contributed by atoms with E-state index in [0.29, 0.717) is 6.04 Å². The van der Waals surface area contributed by atoms with Crippen LogP contribution < -0.4 is 5.32 Å². The van der Waals surface area contributed by atoms with Gasteiger partial charge in [0.2, 0.25) is 0 Å². The fraction of sp³-hybridized carbons (Fsp3) is 0.765. The molecule has 3 rings (SSSR count). The molecule has 1 nitrogen and oxygen atoms in total. The van der Waals surface area contributed by atoms with Gasteiger partial charge in [0, 0.05) is 15.8 Å². The van der Waals surface area contributed by atoms with Crippen molar-refractivity contribution in [2.45, 2.75) is 70.8 Å². The van der Waals surface area contributed by atoms with E-state index >= 15 is 0 Å². The van der Waals surface area contributed by atoms with Gasteiger partial charge >= 0.3 is 0 Å². The minimum absolute atomic E-state index is 0.649. The van der Waals surface area contributed by atoms with Gasteiger partial charge in [0.1, 0.15) is 0 Å². The third-order valence-corrected chi connectivity index (χ3v) is 6.13. The van der Waals surface area contributed by atoms with Crippen LogP contribution in [0.3, 0.4) is 0 Å². The minimum atomic E-state index is 0.649. The number of hydrogen-bond donors (Lipinski definition) is 1. The first-order chi connectivity index (χ1) is 9.38. The molecule has 19 heavy (non-hydrogen) atoms. The largest absolute Gasteiger partial charge is 0.309 e. The number of fused-ring (bicyclic) bond motifs is 1. The van der Waals surface area contributed by atoms with E-state index in [2.05, 4.69) is 29.6 Å². The van der Waals surface area contributed by atoms with Crippen LogP contribution in [0.15, 0.2) is 6.07 Å². The minimum Gasteiger partial charge on any atom is -0.309 e. The van der Waals surface area contributed by atoms with Gasteiger partial charge in [0.05, 0.1) is 0 Å². The van der Waals surface area contributed by atoms with Crippen molar-refractivity contribution >= 4 is 11.3 Å². The summed E-state index contributed by atoms with van der Waals surface area (Å²) in [6.45, 7) is 3.45. The second-order valence-electron chi connectivity index (χ2n) is 6.28. The molecule has 0 bridgehead atoms. The molecule has 2 aliphatic carbocycles. The standard InChI is InChI=1S/C17H27NS/c1-2-11-18-17(13-7-4-3-5-8-13)16-12-14-9-6-10-15(14)19-16/h12-13,17-18H,2-11H2,1H3. The van der Waals surface area contributed by atoms with Crippen LogP contribution in [0.4, 0.5) is 0 Å². The molecule has 0 aliphatic heterocycles. The summed E-state index contributed by atoms with van der Waals surface area (Å²) in [4.78, 5) is 3.33. The molecule has 106 valence electrons. The molecule has 1 N–H and O–H groups in total.